The van der Waals surface area contributed by atoms with Gasteiger partial charge in [-0.3, -0.25) is 0 Å². The molecule has 0 radical (unpaired) electrons. The third kappa shape index (κ3) is 2.50. The summed E-state index contributed by atoms with van der Waals surface area (Å²) < 4.78 is 0. The van der Waals surface area contributed by atoms with Gasteiger partial charge in [0.05, 0.1) is 0 Å². The second-order valence-electron chi connectivity index (χ2n) is 4.24. The lowest BCUT2D eigenvalue weighted by atomic mass is 10.5. The molecular weight excluding hydrogens is 212 g/mol. The van der Waals surface area contributed by atoms with Gasteiger partial charge in [0.2, 0.25) is 5.28 Å². The fourth-order valence-electron chi connectivity index (χ4n) is 1.44. The topological polar surface area (TPSA) is 49.8 Å². The Labute approximate surface area is 93.5 Å². The zero-order chi connectivity index (χ0) is 10.3. The van der Waals surface area contributed by atoms with Gasteiger partial charge in [-0.1, -0.05) is 0 Å². The van der Waals surface area contributed by atoms with Crippen molar-refractivity contribution >= 4 is 23.2 Å². The number of aromatic nitrogens is 2. The molecule has 3 rings (SSSR count). The standard InChI is InChI=1S/C10H13ClN4/c11-10-14-8(12-6-1-2-6)5-9(15-10)13-7-3-4-7/h5-7H,1-4H2,(H2,12,13,14,15). The monoisotopic (exact) mass is 224 g/mol. The number of nitrogens with zero attached hydrogens (tertiary/aromatic N) is 2. The fraction of sp³-hybridized carbons (Fsp3) is 0.600. The SMILES string of the molecule is Clc1nc(NC2CC2)cc(NC2CC2)n1. The van der Waals surface area contributed by atoms with Crippen LogP contribution in [0.5, 0.6) is 0 Å². The van der Waals surface area contributed by atoms with Gasteiger partial charge in [-0.25, -0.2) is 9.97 Å². The van der Waals surface area contributed by atoms with Gasteiger partial charge in [-0.2, -0.15) is 0 Å². The summed E-state index contributed by atoms with van der Waals surface area (Å²) in [6.07, 6.45) is 4.92. The van der Waals surface area contributed by atoms with Crippen LogP contribution in [0.1, 0.15) is 25.7 Å². The van der Waals surface area contributed by atoms with Crippen LogP contribution in [0, 0.1) is 0 Å². The highest BCUT2D eigenvalue weighted by atomic mass is 35.5. The highest BCUT2D eigenvalue weighted by Gasteiger charge is 2.23. The summed E-state index contributed by atoms with van der Waals surface area (Å²) in [4.78, 5) is 8.29. The Morgan fingerprint density at radius 3 is 1.87 bits per heavy atom. The predicted molar refractivity (Wildman–Crippen MR) is 60.3 cm³/mol. The molecule has 2 N–H and O–H groups in total. The van der Waals surface area contributed by atoms with E-state index in [1.54, 1.807) is 0 Å². The molecule has 15 heavy (non-hydrogen) atoms. The summed E-state index contributed by atoms with van der Waals surface area (Å²) in [5, 5.41) is 6.94. The highest BCUT2D eigenvalue weighted by Crippen LogP contribution is 2.27. The highest BCUT2D eigenvalue weighted by molar-refractivity contribution is 6.28. The number of nitrogens with one attached hydrogen (secondary N) is 2. The molecule has 1 heterocycles. The molecule has 0 bridgehead atoms. The summed E-state index contributed by atoms with van der Waals surface area (Å²) in [6.45, 7) is 0. The van der Waals surface area contributed by atoms with Crippen molar-refractivity contribution in [1.29, 1.82) is 0 Å². The first-order valence-corrected chi connectivity index (χ1v) is 5.75. The van der Waals surface area contributed by atoms with E-state index in [2.05, 4.69) is 20.6 Å². The summed E-state index contributed by atoms with van der Waals surface area (Å²) >= 11 is 5.86. The fourth-order valence-corrected chi connectivity index (χ4v) is 1.62. The minimum absolute atomic E-state index is 0.309. The van der Waals surface area contributed by atoms with Crippen LogP contribution in [-0.4, -0.2) is 22.1 Å². The van der Waals surface area contributed by atoms with E-state index >= 15 is 0 Å². The lowest BCUT2D eigenvalue weighted by Crippen LogP contribution is -2.08. The Morgan fingerprint density at radius 1 is 1.00 bits per heavy atom. The van der Waals surface area contributed by atoms with E-state index in [-0.39, 0.29) is 0 Å². The van der Waals surface area contributed by atoms with E-state index in [1.807, 2.05) is 6.07 Å². The third-order valence-electron chi connectivity index (χ3n) is 2.56. The largest absolute Gasteiger partial charge is 0.367 e. The summed E-state index contributed by atoms with van der Waals surface area (Å²) in [5.74, 6) is 1.67. The maximum Gasteiger partial charge on any atom is 0.226 e. The van der Waals surface area contributed by atoms with Crippen molar-refractivity contribution < 1.29 is 0 Å². The minimum atomic E-state index is 0.309. The van der Waals surface area contributed by atoms with Gasteiger partial charge < -0.3 is 10.6 Å². The van der Waals surface area contributed by atoms with Crippen LogP contribution in [0.15, 0.2) is 6.07 Å². The predicted octanol–water partition coefficient (Wildman–Crippen LogP) is 2.28. The molecule has 0 unspecified atom stereocenters. The molecule has 0 atom stereocenters. The maximum absolute atomic E-state index is 5.86. The Kier molecular flexibility index (Phi) is 2.16. The first-order valence-electron chi connectivity index (χ1n) is 5.37. The number of hydrogen-bond acceptors (Lipinski definition) is 4. The zero-order valence-electron chi connectivity index (χ0n) is 8.33. The minimum Gasteiger partial charge on any atom is -0.367 e. The van der Waals surface area contributed by atoms with Crippen molar-refractivity contribution in [1.82, 2.24) is 9.97 Å². The first-order chi connectivity index (χ1) is 7.29. The van der Waals surface area contributed by atoms with Crippen LogP contribution >= 0.6 is 11.6 Å². The molecule has 0 saturated heterocycles. The van der Waals surface area contributed by atoms with E-state index in [4.69, 9.17) is 11.6 Å². The van der Waals surface area contributed by atoms with Crippen LogP contribution in [0.25, 0.3) is 0 Å². The smallest absolute Gasteiger partial charge is 0.226 e. The first kappa shape index (κ1) is 9.21. The van der Waals surface area contributed by atoms with Gasteiger partial charge in [0.1, 0.15) is 11.6 Å². The summed E-state index contributed by atoms with van der Waals surface area (Å²) in [5.41, 5.74) is 0. The van der Waals surface area contributed by atoms with Gasteiger partial charge in [-0.15, -0.1) is 0 Å². The average Bonchev–Trinajstić information content (AvgIpc) is 2.98. The maximum atomic E-state index is 5.86. The van der Waals surface area contributed by atoms with Crippen molar-refractivity contribution in [2.45, 2.75) is 37.8 Å². The van der Waals surface area contributed by atoms with Crippen LogP contribution in [-0.2, 0) is 0 Å². The number of anilines is 2. The Morgan fingerprint density at radius 2 is 1.47 bits per heavy atom. The Balaban J connectivity index is 1.76. The molecule has 2 aliphatic carbocycles. The van der Waals surface area contributed by atoms with Crippen LogP contribution < -0.4 is 10.6 Å². The second kappa shape index (κ2) is 3.52. The number of halogens is 1. The molecule has 0 aromatic carbocycles. The molecule has 4 nitrogen and oxygen atoms in total. The molecule has 0 amide bonds. The van der Waals surface area contributed by atoms with Gasteiger partial charge in [0, 0.05) is 18.2 Å². The van der Waals surface area contributed by atoms with Gasteiger partial charge in [-0.05, 0) is 37.3 Å². The summed E-state index contributed by atoms with van der Waals surface area (Å²) in [6, 6.07) is 3.11. The second-order valence-corrected chi connectivity index (χ2v) is 4.58. The van der Waals surface area contributed by atoms with Crippen molar-refractivity contribution in [3.05, 3.63) is 11.3 Å². The summed E-state index contributed by atoms with van der Waals surface area (Å²) in [7, 11) is 0. The van der Waals surface area contributed by atoms with E-state index in [0.29, 0.717) is 17.4 Å². The van der Waals surface area contributed by atoms with Crippen molar-refractivity contribution in [3.63, 3.8) is 0 Å². The number of rotatable bonds is 4. The van der Waals surface area contributed by atoms with Crippen molar-refractivity contribution in [2.24, 2.45) is 0 Å². The lowest BCUT2D eigenvalue weighted by molar-refractivity contribution is 1.05. The molecule has 2 saturated carbocycles. The molecule has 80 valence electrons. The normalized spacial score (nSPS) is 20.1. The van der Waals surface area contributed by atoms with E-state index in [1.165, 1.54) is 25.7 Å². The quantitative estimate of drug-likeness (QED) is 0.771. The molecular formula is C10H13ClN4. The Hall–Kier alpha value is -1.03. The molecule has 2 aliphatic rings. The van der Waals surface area contributed by atoms with Gasteiger partial charge in [0.25, 0.3) is 0 Å². The molecule has 0 aliphatic heterocycles. The van der Waals surface area contributed by atoms with Crippen LogP contribution in [0.2, 0.25) is 5.28 Å². The average molecular weight is 225 g/mol. The molecule has 1 aromatic heterocycles. The van der Waals surface area contributed by atoms with E-state index in [9.17, 15) is 0 Å². The molecule has 5 heteroatoms. The van der Waals surface area contributed by atoms with Gasteiger partial charge >= 0.3 is 0 Å². The molecule has 0 spiro atoms. The molecule has 2 fully saturated rings. The van der Waals surface area contributed by atoms with E-state index < -0.39 is 0 Å². The van der Waals surface area contributed by atoms with Crippen LogP contribution in [0.4, 0.5) is 11.6 Å². The van der Waals surface area contributed by atoms with E-state index in [0.717, 1.165) is 11.6 Å². The lowest BCUT2D eigenvalue weighted by Gasteiger charge is -2.07. The van der Waals surface area contributed by atoms with Crippen molar-refractivity contribution in [3.8, 4) is 0 Å². The zero-order valence-corrected chi connectivity index (χ0v) is 9.09. The number of hydrogen-bond donors (Lipinski definition) is 2. The third-order valence-corrected chi connectivity index (χ3v) is 2.73. The Bertz CT molecular complexity index is 341. The van der Waals surface area contributed by atoms with Crippen LogP contribution in [0.3, 0.4) is 0 Å². The molecule has 1 aromatic rings. The van der Waals surface area contributed by atoms with Gasteiger partial charge in [0.15, 0.2) is 0 Å². The van der Waals surface area contributed by atoms with Crippen molar-refractivity contribution in [2.75, 3.05) is 10.6 Å².